The zero-order chi connectivity index (χ0) is 20.9. The van der Waals surface area contributed by atoms with Gasteiger partial charge in [0.25, 0.3) is 5.91 Å². The third-order valence-corrected chi connectivity index (χ3v) is 4.96. The minimum absolute atomic E-state index is 0.228. The number of ether oxygens (including phenoxy) is 1. The predicted molar refractivity (Wildman–Crippen MR) is 114 cm³/mol. The highest BCUT2D eigenvalue weighted by Gasteiger charge is 2.26. The molecule has 3 aromatic rings. The molecule has 0 saturated carbocycles. The van der Waals surface area contributed by atoms with Gasteiger partial charge >= 0.3 is 0 Å². The number of anilines is 3. The summed E-state index contributed by atoms with van der Waals surface area (Å²) in [5.41, 5.74) is 0.957. The summed E-state index contributed by atoms with van der Waals surface area (Å²) in [6, 6.07) is 9.46. The normalized spacial score (nSPS) is 16.3. The van der Waals surface area contributed by atoms with Crippen LogP contribution in [-0.2, 0) is 0 Å². The molecule has 1 aliphatic rings. The fraction of sp³-hybridized carbons (Fsp3) is 0.286. The van der Waals surface area contributed by atoms with Gasteiger partial charge < -0.3 is 19.9 Å². The maximum atomic E-state index is 12.4. The minimum atomic E-state index is -0.279. The average Bonchev–Trinajstić information content (AvgIpc) is 2.80. The number of nitrogens with zero attached hydrogens (tertiary/aromatic N) is 6. The van der Waals surface area contributed by atoms with Crippen LogP contribution in [-0.4, -0.2) is 58.6 Å². The monoisotopic (exact) mass is 405 g/mol. The van der Waals surface area contributed by atoms with Gasteiger partial charge in [0.2, 0.25) is 11.8 Å². The van der Waals surface area contributed by atoms with Crippen molar-refractivity contribution >= 4 is 23.4 Å². The molecule has 3 aromatic heterocycles. The Kier molecular flexibility index (Phi) is 5.69. The van der Waals surface area contributed by atoms with Crippen LogP contribution in [0.25, 0.3) is 0 Å². The van der Waals surface area contributed by atoms with Crippen molar-refractivity contribution < 1.29 is 9.53 Å². The maximum Gasteiger partial charge on any atom is 0.257 e. The molecule has 4 rings (SSSR count). The fourth-order valence-electron chi connectivity index (χ4n) is 3.38. The number of amides is 1. The first-order valence-electron chi connectivity index (χ1n) is 9.70. The topological polar surface area (TPSA) is 96.4 Å². The lowest BCUT2D eigenvalue weighted by Crippen LogP contribution is -2.53. The van der Waals surface area contributed by atoms with Crippen LogP contribution in [0.4, 0.5) is 17.5 Å². The van der Waals surface area contributed by atoms with E-state index >= 15 is 0 Å². The number of pyridine rings is 2. The summed E-state index contributed by atoms with van der Waals surface area (Å²) in [4.78, 5) is 34.2. The number of aromatic nitrogens is 4. The molecule has 1 amide bonds. The van der Waals surface area contributed by atoms with Crippen molar-refractivity contribution in [1.29, 1.82) is 0 Å². The Morgan fingerprint density at radius 1 is 1.07 bits per heavy atom. The number of carbonyl (C=O) groups is 1. The predicted octanol–water partition coefficient (Wildman–Crippen LogP) is 2.24. The van der Waals surface area contributed by atoms with E-state index in [9.17, 15) is 4.79 Å². The Hall–Kier alpha value is -3.75. The molecule has 9 nitrogen and oxygen atoms in total. The summed E-state index contributed by atoms with van der Waals surface area (Å²) >= 11 is 0. The van der Waals surface area contributed by atoms with Gasteiger partial charge in [-0.2, -0.15) is 0 Å². The highest BCUT2D eigenvalue weighted by Crippen LogP contribution is 2.20. The summed E-state index contributed by atoms with van der Waals surface area (Å²) in [6.45, 7) is 4.61. The van der Waals surface area contributed by atoms with E-state index in [0.29, 0.717) is 23.1 Å². The SMILES string of the molecule is COc1ccc(C(=O)Nc2cnc(N3CCN(c4ccccn4)C[C@H]3C)nc2)cn1. The van der Waals surface area contributed by atoms with Gasteiger partial charge in [-0.1, -0.05) is 6.07 Å². The van der Waals surface area contributed by atoms with Crippen LogP contribution in [0.15, 0.2) is 55.1 Å². The Morgan fingerprint density at radius 2 is 1.90 bits per heavy atom. The van der Waals surface area contributed by atoms with Crippen molar-refractivity contribution in [3.63, 3.8) is 0 Å². The van der Waals surface area contributed by atoms with Crippen molar-refractivity contribution in [1.82, 2.24) is 19.9 Å². The smallest absolute Gasteiger partial charge is 0.257 e. The summed E-state index contributed by atoms with van der Waals surface area (Å²) in [6.07, 6.45) is 6.51. The second-order valence-corrected chi connectivity index (χ2v) is 6.99. The van der Waals surface area contributed by atoms with Gasteiger partial charge in [-0.3, -0.25) is 4.79 Å². The molecule has 0 unspecified atom stereocenters. The van der Waals surface area contributed by atoms with E-state index in [2.05, 4.69) is 42.0 Å². The van der Waals surface area contributed by atoms with E-state index in [1.165, 1.54) is 13.3 Å². The van der Waals surface area contributed by atoms with Gasteiger partial charge in [0.1, 0.15) is 5.82 Å². The molecule has 0 spiro atoms. The molecule has 30 heavy (non-hydrogen) atoms. The molecule has 4 heterocycles. The molecule has 1 atom stereocenters. The van der Waals surface area contributed by atoms with Crippen LogP contribution in [0.5, 0.6) is 5.88 Å². The molecule has 0 aromatic carbocycles. The number of nitrogens with one attached hydrogen (secondary N) is 1. The molecule has 0 bridgehead atoms. The quantitative estimate of drug-likeness (QED) is 0.690. The van der Waals surface area contributed by atoms with Crippen LogP contribution >= 0.6 is 0 Å². The molecule has 1 aliphatic heterocycles. The molecule has 0 aliphatic carbocycles. The molecular weight excluding hydrogens is 382 g/mol. The second kappa shape index (κ2) is 8.73. The fourth-order valence-corrected chi connectivity index (χ4v) is 3.38. The minimum Gasteiger partial charge on any atom is -0.481 e. The Balaban J connectivity index is 1.38. The molecule has 1 saturated heterocycles. The van der Waals surface area contributed by atoms with Gasteiger partial charge in [0.05, 0.1) is 30.8 Å². The van der Waals surface area contributed by atoms with E-state index in [1.54, 1.807) is 24.5 Å². The van der Waals surface area contributed by atoms with E-state index in [4.69, 9.17) is 4.74 Å². The van der Waals surface area contributed by atoms with Gasteiger partial charge in [-0.25, -0.2) is 19.9 Å². The Morgan fingerprint density at radius 3 is 2.53 bits per heavy atom. The van der Waals surface area contributed by atoms with Crippen LogP contribution < -0.4 is 19.9 Å². The zero-order valence-electron chi connectivity index (χ0n) is 16.9. The third-order valence-electron chi connectivity index (χ3n) is 4.96. The summed E-state index contributed by atoms with van der Waals surface area (Å²) in [5, 5.41) is 2.79. The highest BCUT2D eigenvalue weighted by atomic mass is 16.5. The van der Waals surface area contributed by atoms with Crippen molar-refractivity contribution in [2.45, 2.75) is 13.0 Å². The Bertz CT molecular complexity index is 981. The average molecular weight is 405 g/mol. The first kappa shape index (κ1) is 19.6. The summed E-state index contributed by atoms with van der Waals surface area (Å²) in [5.74, 6) is 1.80. The van der Waals surface area contributed by atoms with Crippen molar-refractivity contribution in [2.75, 3.05) is 41.9 Å². The summed E-state index contributed by atoms with van der Waals surface area (Å²) in [7, 11) is 1.53. The second-order valence-electron chi connectivity index (χ2n) is 6.99. The van der Waals surface area contributed by atoms with E-state index in [-0.39, 0.29) is 11.9 Å². The Labute approximate surface area is 174 Å². The summed E-state index contributed by atoms with van der Waals surface area (Å²) < 4.78 is 5.00. The lowest BCUT2D eigenvalue weighted by Gasteiger charge is -2.40. The number of carbonyl (C=O) groups excluding carboxylic acids is 1. The van der Waals surface area contributed by atoms with Gasteiger partial charge in [0.15, 0.2) is 0 Å². The lowest BCUT2D eigenvalue weighted by atomic mass is 10.2. The van der Waals surface area contributed by atoms with Crippen LogP contribution in [0.2, 0.25) is 0 Å². The number of hydrogen-bond acceptors (Lipinski definition) is 8. The van der Waals surface area contributed by atoms with Crippen LogP contribution in [0.3, 0.4) is 0 Å². The van der Waals surface area contributed by atoms with E-state index in [0.717, 1.165) is 25.5 Å². The van der Waals surface area contributed by atoms with Crippen LogP contribution in [0.1, 0.15) is 17.3 Å². The maximum absolute atomic E-state index is 12.4. The first-order chi connectivity index (χ1) is 14.6. The standard InChI is InChI=1S/C21H23N7O2/c1-15-14-27(18-5-3-4-8-22-18)9-10-28(15)21-24-12-17(13-25-21)26-20(29)16-6-7-19(30-2)23-11-16/h3-8,11-13,15H,9-10,14H2,1-2H3,(H,26,29)/t15-/m1/s1. The third kappa shape index (κ3) is 4.29. The number of methoxy groups -OCH3 is 1. The molecule has 154 valence electrons. The molecule has 9 heteroatoms. The first-order valence-corrected chi connectivity index (χ1v) is 9.70. The van der Waals surface area contributed by atoms with Gasteiger partial charge in [0, 0.05) is 44.1 Å². The molecule has 1 fully saturated rings. The van der Waals surface area contributed by atoms with Gasteiger partial charge in [-0.15, -0.1) is 0 Å². The van der Waals surface area contributed by atoms with E-state index in [1.807, 2.05) is 24.4 Å². The number of piperazine rings is 1. The molecule has 1 N–H and O–H groups in total. The lowest BCUT2D eigenvalue weighted by molar-refractivity contribution is 0.102. The van der Waals surface area contributed by atoms with Crippen molar-refractivity contribution in [3.05, 3.63) is 60.7 Å². The van der Waals surface area contributed by atoms with Crippen LogP contribution in [0, 0.1) is 0 Å². The van der Waals surface area contributed by atoms with E-state index < -0.39 is 0 Å². The van der Waals surface area contributed by atoms with Gasteiger partial charge in [-0.05, 0) is 25.1 Å². The number of hydrogen-bond donors (Lipinski definition) is 1. The largest absolute Gasteiger partial charge is 0.481 e. The highest BCUT2D eigenvalue weighted by molar-refractivity contribution is 6.03. The number of rotatable bonds is 5. The van der Waals surface area contributed by atoms with Crippen molar-refractivity contribution in [2.24, 2.45) is 0 Å². The zero-order valence-corrected chi connectivity index (χ0v) is 16.9. The molecular formula is C21H23N7O2. The molecule has 0 radical (unpaired) electrons. The van der Waals surface area contributed by atoms with Crippen molar-refractivity contribution in [3.8, 4) is 5.88 Å².